The minimum atomic E-state index is -4.48. The molecule has 1 aromatic carbocycles. The summed E-state index contributed by atoms with van der Waals surface area (Å²) in [5.74, 6) is -0.800. The van der Waals surface area contributed by atoms with E-state index in [2.05, 4.69) is 15.2 Å². The third-order valence-corrected chi connectivity index (χ3v) is 3.46. The van der Waals surface area contributed by atoms with E-state index in [1.807, 2.05) is 30.3 Å². The van der Waals surface area contributed by atoms with Crippen LogP contribution < -0.4 is 5.73 Å². The highest BCUT2D eigenvalue weighted by Crippen LogP contribution is 2.23. The number of carbonyl (C=O) groups is 1. The molecular formula is C16H15F3N6O. The van der Waals surface area contributed by atoms with Gasteiger partial charge in [0.25, 0.3) is 0 Å². The van der Waals surface area contributed by atoms with Crippen molar-refractivity contribution >= 4 is 5.91 Å². The van der Waals surface area contributed by atoms with Crippen molar-refractivity contribution in [3.63, 3.8) is 0 Å². The van der Waals surface area contributed by atoms with Gasteiger partial charge in [-0.3, -0.25) is 9.48 Å². The number of primary amides is 1. The lowest BCUT2D eigenvalue weighted by Crippen LogP contribution is -2.20. The van der Waals surface area contributed by atoms with Crippen molar-refractivity contribution in [2.75, 3.05) is 0 Å². The van der Waals surface area contributed by atoms with Gasteiger partial charge in [-0.2, -0.15) is 23.4 Å². The van der Waals surface area contributed by atoms with Crippen molar-refractivity contribution in [1.82, 2.24) is 24.5 Å². The molecule has 0 radical (unpaired) electrons. The van der Waals surface area contributed by atoms with E-state index in [-0.39, 0.29) is 18.1 Å². The van der Waals surface area contributed by atoms with Crippen LogP contribution in [0.5, 0.6) is 0 Å². The van der Waals surface area contributed by atoms with Crippen molar-refractivity contribution in [3.05, 3.63) is 54.1 Å². The minimum Gasteiger partial charge on any atom is -0.369 e. The standard InChI is InChI=1S/C16H15F3N6O/c17-16(18,19)10-25-15(22-14(23-25)6-13(20)26)12-7-21-24(9-12)8-11-4-2-1-3-5-11/h1-5,7,9H,6,8,10H2,(H2,20,26). The molecule has 3 rings (SSSR count). The van der Waals surface area contributed by atoms with E-state index in [0.717, 1.165) is 5.56 Å². The molecule has 0 unspecified atom stereocenters. The number of nitrogens with two attached hydrogens (primary N) is 1. The third-order valence-electron chi connectivity index (χ3n) is 3.46. The van der Waals surface area contributed by atoms with Crippen molar-refractivity contribution in [3.8, 4) is 11.4 Å². The Morgan fingerprint density at radius 1 is 1.19 bits per heavy atom. The largest absolute Gasteiger partial charge is 0.408 e. The predicted molar refractivity (Wildman–Crippen MR) is 85.7 cm³/mol. The molecule has 0 saturated heterocycles. The van der Waals surface area contributed by atoms with Crippen molar-refractivity contribution < 1.29 is 18.0 Å². The van der Waals surface area contributed by atoms with Gasteiger partial charge in [-0.15, -0.1) is 0 Å². The number of hydrogen-bond acceptors (Lipinski definition) is 4. The Labute approximate surface area is 146 Å². The molecule has 0 bridgehead atoms. The molecule has 0 fully saturated rings. The zero-order valence-corrected chi connectivity index (χ0v) is 13.5. The topological polar surface area (TPSA) is 91.6 Å². The summed E-state index contributed by atoms with van der Waals surface area (Å²) in [4.78, 5) is 15.0. The Balaban J connectivity index is 1.89. The second-order valence-corrected chi connectivity index (χ2v) is 5.68. The van der Waals surface area contributed by atoms with Crippen molar-refractivity contribution in [2.24, 2.45) is 5.73 Å². The maximum absolute atomic E-state index is 12.8. The smallest absolute Gasteiger partial charge is 0.369 e. The van der Waals surface area contributed by atoms with Gasteiger partial charge in [0.1, 0.15) is 6.54 Å². The summed E-state index contributed by atoms with van der Waals surface area (Å²) in [6.07, 6.45) is -1.83. The lowest BCUT2D eigenvalue weighted by atomic mass is 10.2. The number of rotatable bonds is 6. The van der Waals surface area contributed by atoms with Gasteiger partial charge in [0.2, 0.25) is 5.91 Å². The molecular weight excluding hydrogens is 349 g/mol. The van der Waals surface area contributed by atoms with Gasteiger partial charge in [0, 0.05) is 6.20 Å². The maximum atomic E-state index is 12.8. The molecule has 10 heteroatoms. The van der Waals surface area contributed by atoms with Crippen LogP contribution in [0, 0.1) is 0 Å². The Kier molecular flexibility index (Phi) is 4.74. The normalized spacial score (nSPS) is 11.7. The van der Waals surface area contributed by atoms with Crippen LogP contribution >= 0.6 is 0 Å². The molecule has 0 aliphatic heterocycles. The molecule has 26 heavy (non-hydrogen) atoms. The molecule has 136 valence electrons. The fraction of sp³-hybridized carbons (Fsp3) is 0.250. The zero-order chi connectivity index (χ0) is 18.7. The molecule has 2 aromatic heterocycles. The van der Waals surface area contributed by atoms with Crippen molar-refractivity contribution in [2.45, 2.75) is 25.7 Å². The average molecular weight is 364 g/mol. The van der Waals surface area contributed by atoms with Gasteiger partial charge in [-0.25, -0.2) is 9.67 Å². The van der Waals surface area contributed by atoms with Crippen LogP contribution in [0.4, 0.5) is 13.2 Å². The van der Waals surface area contributed by atoms with Gasteiger partial charge < -0.3 is 5.73 Å². The molecule has 0 saturated carbocycles. The molecule has 0 aliphatic rings. The van der Waals surface area contributed by atoms with Crippen LogP contribution in [0.3, 0.4) is 0 Å². The summed E-state index contributed by atoms with van der Waals surface area (Å²) in [6.45, 7) is -0.861. The van der Waals surface area contributed by atoms with Crippen LogP contribution in [0.25, 0.3) is 11.4 Å². The minimum absolute atomic E-state index is 0.0158. The molecule has 3 aromatic rings. The monoisotopic (exact) mass is 364 g/mol. The van der Waals surface area contributed by atoms with Gasteiger partial charge in [-0.05, 0) is 5.56 Å². The number of amides is 1. The summed E-state index contributed by atoms with van der Waals surface area (Å²) < 4.78 is 40.7. The summed E-state index contributed by atoms with van der Waals surface area (Å²) in [7, 11) is 0. The van der Waals surface area contributed by atoms with E-state index in [1.54, 1.807) is 10.9 Å². The Morgan fingerprint density at radius 2 is 1.92 bits per heavy atom. The third kappa shape index (κ3) is 4.47. The van der Waals surface area contributed by atoms with Gasteiger partial charge in [0.05, 0.1) is 24.7 Å². The van der Waals surface area contributed by atoms with E-state index in [1.165, 1.54) is 6.20 Å². The summed E-state index contributed by atoms with van der Waals surface area (Å²) in [6, 6.07) is 9.49. The molecule has 7 nitrogen and oxygen atoms in total. The fourth-order valence-electron chi connectivity index (χ4n) is 2.45. The van der Waals surface area contributed by atoms with E-state index in [0.29, 0.717) is 16.8 Å². The lowest BCUT2D eigenvalue weighted by molar-refractivity contribution is -0.142. The molecule has 0 aliphatic carbocycles. The second kappa shape index (κ2) is 6.98. The first-order chi connectivity index (χ1) is 12.3. The molecule has 2 heterocycles. The lowest BCUT2D eigenvalue weighted by Gasteiger charge is -2.07. The number of hydrogen-bond donors (Lipinski definition) is 1. The van der Waals surface area contributed by atoms with Gasteiger partial charge >= 0.3 is 6.18 Å². The summed E-state index contributed by atoms with van der Waals surface area (Å²) in [5.41, 5.74) is 6.44. The number of aromatic nitrogens is 5. The highest BCUT2D eigenvalue weighted by molar-refractivity contribution is 5.75. The number of benzene rings is 1. The van der Waals surface area contributed by atoms with Crippen LogP contribution in [-0.2, 0) is 24.3 Å². The predicted octanol–water partition coefficient (Wildman–Crippen LogP) is 1.78. The van der Waals surface area contributed by atoms with Crippen LogP contribution in [0.1, 0.15) is 11.4 Å². The van der Waals surface area contributed by atoms with Crippen LogP contribution in [-0.4, -0.2) is 36.6 Å². The molecule has 2 N–H and O–H groups in total. The Morgan fingerprint density at radius 3 is 2.58 bits per heavy atom. The average Bonchev–Trinajstić information content (AvgIpc) is 3.13. The summed E-state index contributed by atoms with van der Waals surface area (Å²) in [5, 5.41) is 7.91. The fourth-order valence-corrected chi connectivity index (χ4v) is 2.45. The number of carbonyl (C=O) groups excluding carboxylic acids is 1. The number of halogens is 3. The first-order valence-corrected chi connectivity index (χ1v) is 7.66. The quantitative estimate of drug-likeness (QED) is 0.722. The molecule has 1 amide bonds. The van der Waals surface area contributed by atoms with E-state index < -0.39 is 18.6 Å². The Hall–Kier alpha value is -3.17. The maximum Gasteiger partial charge on any atom is 0.408 e. The molecule has 0 atom stereocenters. The highest BCUT2D eigenvalue weighted by atomic mass is 19.4. The molecule has 0 spiro atoms. The van der Waals surface area contributed by atoms with E-state index >= 15 is 0 Å². The van der Waals surface area contributed by atoms with E-state index in [9.17, 15) is 18.0 Å². The number of alkyl halides is 3. The first-order valence-electron chi connectivity index (χ1n) is 7.66. The SMILES string of the molecule is NC(=O)Cc1nc(-c2cnn(Cc3ccccc3)c2)n(CC(F)(F)F)n1. The van der Waals surface area contributed by atoms with Gasteiger partial charge in [0.15, 0.2) is 11.6 Å². The van der Waals surface area contributed by atoms with Crippen LogP contribution in [0.15, 0.2) is 42.7 Å². The van der Waals surface area contributed by atoms with Crippen LogP contribution in [0.2, 0.25) is 0 Å². The number of nitrogens with zero attached hydrogens (tertiary/aromatic N) is 5. The summed E-state index contributed by atoms with van der Waals surface area (Å²) >= 11 is 0. The second-order valence-electron chi connectivity index (χ2n) is 5.68. The zero-order valence-electron chi connectivity index (χ0n) is 13.5. The van der Waals surface area contributed by atoms with Crippen molar-refractivity contribution in [1.29, 1.82) is 0 Å². The highest BCUT2D eigenvalue weighted by Gasteiger charge is 2.31. The Bertz CT molecular complexity index is 900. The van der Waals surface area contributed by atoms with Gasteiger partial charge in [-0.1, -0.05) is 30.3 Å². The first kappa shape index (κ1) is 17.6. The van der Waals surface area contributed by atoms with E-state index in [4.69, 9.17) is 5.73 Å².